The van der Waals surface area contributed by atoms with Crippen molar-refractivity contribution in [3.63, 3.8) is 0 Å². The van der Waals surface area contributed by atoms with Crippen molar-refractivity contribution in [1.82, 2.24) is 4.98 Å². The van der Waals surface area contributed by atoms with E-state index in [9.17, 15) is 4.79 Å². The fourth-order valence-corrected chi connectivity index (χ4v) is 2.75. The number of hydrogen-bond acceptors (Lipinski definition) is 4. The monoisotopic (exact) mass is 287 g/mol. The predicted octanol–water partition coefficient (Wildman–Crippen LogP) is 2.21. The third-order valence-corrected chi connectivity index (χ3v) is 3.93. The molecule has 0 aromatic carbocycles. The zero-order valence-electron chi connectivity index (χ0n) is 12.1. The van der Waals surface area contributed by atoms with Gasteiger partial charge in [-0.05, 0) is 30.9 Å². The summed E-state index contributed by atoms with van der Waals surface area (Å²) in [6.45, 7) is 3.23. The number of carbonyl (C=O) groups excluding carboxylic acids is 1. The van der Waals surface area contributed by atoms with Gasteiger partial charge in [0.05, 0.1) is 25.1 Å². The van der Waals surface area contributed by atoms with Gasteiger partial charge < -0.3 is 15.0 Å². The van der Waals surface area contributed by atoms with Gasteiger partial charge in [-0.25, -0.2) is 4.98 Å². The molecule has 2 aliphatic rings. The minimum Gasteiger partial charge on any atom is -0.378 e. The second-order valence-corrected chi connectivity index (χ2v) is 5.52. The molecule has 1 saturated heterocycles. The molecule has 1 aliphatic heterocycles. The highest BCUT2D eigenvalue weighted by Crippen LogP contribution is 2.21. The van der Waals surface area contributed by atoms with E-state index >= 15 is 0 Å². The minimum atomic E-state index is 0.0625. The Hall–Kier alpha value is -1.88. The van der Waals surface area contributed by atoms with E-state index in [0.29, 0.717) is 12.3 Å². The van der Waals surface area contributed by atoms with Gasteiger partial charge in [0.2, 0.25) is 5.91 Å². The number of rotatable bonds is 4. The highest BCUT2D eigenvalue weighted by molar-refractivity contribution is 5.90. The number of nitrogens with zero attached hydrogens (tertiary/aromatic N) is 2. The second kappa shape index (κ2) is 6.72. The Balaban J connectivity index is 1.53. The van der Waals surface area contributed by atoms with Crippen LogP contribution in [0.3, 0.4) is 0 Å². The lowest BCUT2D eigenvalue weighted by molar-refractivity contribution is -0.116. The van der Waals surface area contributed by atoms with E-state index in [1.807, 2.05) is 12.1 Å². The maximum Gasteiger partial charge on any atom is 0.225 e. The van der Waals surface area contributed by atoms with Crippen LogP contribution in [0, 0.1) is 5.92 Å². The van der Waals surface area contributed by atoms with Gasteiger partial charge in [-0.15, -0.1) is 0 Å². The van der Waals surface area contributed by atoms with Crippen LogP contribution in [-0.4, -0.2) is 37.2 Å². The summed E-state index contributed by atoms with van der Waals surface area (Å²) in [6.07, 6.45) is 8.75. The van der Waals surface area contributed by atoms with Crippen LogP contribution < -0.4 is 10.2 Å². The summed E-state index contributed by atoms with van der Waals surface area (Å²) in [4.78, 5) is 18.6. The Morgan fingerprint density at radius 3 is 2.90 bits per heavy atom. The molecular weight excluding hydrogens is 266 g/mol. The largest absolute Gasteiger partial charge is 0.378 e. The lowest BCUT2D eigenvalue weighted by Gasteiger charge is -2.27. The van der Waals surface area contributed by atoms with E-state index in [4.69, 9.17) is 4.74 Å². The molecule has 3 rings (SSSR count). The van der Waals surface area contributed by atoms with Gasteiger partial charge >= 0.3 is 0 Å². The van der Waals surface area contributed by atoms with Crippen molar-refractivity contribution in [3.8, 4) is 0 Å². The number of anilines is 2. The smallest absolute Gasteiger partial charge is 0.225 e. The molecule has 0 bridgehead atoms. The molecule has 1 aliphatic carbocycles. The molecule has 1 atom stereocenters. The summed E-state index contributed by atoms with van der Waals surface area (Å²) >= 11 is 0. The normalized spacial score (nSPS) is 21.5. The zero-order valence-corrected chi connectivity index (χ0v) is 12.1. The average molecular weight is 287 g/mol. The van der Waals surface area contributed by atoms with E-state index in [2.05, 4.69) is 27.4 Å². The topological polar surface area (TPSA) is 54.5 Å². The number of amides is 1. The molecule has 0 spiro atoms. The number of allylic oxidation sites excluding steroid dienone is 2. The number of nitrogens with one attached hydrogen (secondary N) is 1. The van der Waals surface area contributed by atoms with Crippen LogP contribution in [-0.2, 0) is 9.53 Å². The van der Waals surface area contributed by atoms with Crippen molar-refractivity contribution >= 4 is 17.4 Å². The molecule has 1 amide bonds. The fraction of sp³-hybridized carbons (Fsp3) is 0.500. The van der Waals surface area contributed by atoms with Gasteiger partial charge in [-0.3, -0.25) is 4.79 Å². The zero-order chi connectivity index (χ0) is 14.5. The van der Waals surface area contributed by atoms with E-state index in [0.717, 1.165) is 50.7 Å². The van der Waals surface area contributed by atoms with Crippen molar-refractivity contribution in [2.75, 3.05) is 36.5 Å². The SMILES string of the molecule is O=C(C[C@@H]1C=CCC1)Nc1ccc(N2CCOCC2)nc1. The van der Waals surface area contributed by atoms with Crippen LogP contribution in [0.25, 0.3) is 0 Å². The first-order valence-electron chi connectivity index (χ1n) is 7.56. The lowest BCUT2D eigenvalue weighted by atomic mass is 10.1. The molecule has 1 aromatic rings. The van der Waals surface area contributed by atoms with Crippen molar-refractivity contribution in [2.45, 2.75) is 19.3 Å². The van der Waals surface area contributed by atoms with Gasteiger partial charge in [0.1, 0.15) is 5.82 Å². The highest BCUT2D eigenvalue weighted by atomic mass is 16.5. The van der Waals surface area contributed by atoms with Crippen molar-refractivity contribution in [3.05, 3.63) is 30.5 Å². The molecular formula is C16H21N3O2. The molecule has 5 heteroatoms. The van der Waals surface area contributed by atoms with Crippen molar-refractivity contribution in [1.29, 1.82) is 0 Å². The van der Waals surface area contributed by atoms with Gasteiger partial charge in [-0.1, -0.05) is 12.2 Å². The van der Waals surface area contributed by atoms with Crippen LogP contribution in [0.15, 0.2) is 30.5 Å². The molecule has 1 N–H and O–H groups in total. The van der Waals surface area contributed by atoms with Crippen LogP contribution >= 0.6 is 0 Å². The van der Waals surface area contributed by atoms with Crippen LogP contribution in [0.2, 0.25) is 0 Å². The third-order valence-electron chi connectivity index (χ3n) is 3.93. The maximum absolute atomic E-state index is 12.0. The Labute approximate surface area is 125 Å². The van der Waals surface area contributed by atoms with Gasteiger partial charge in [0.15, 0.2) is 0 Å². The Morgan fingerprint density at radius 2 is 2.24 bits per heavy atom. The molecule has 0 radical (unpaired) electrons. The first kappa shape index (κ1) is 14.1. The van der Waals surface area contributed by atoms with Gasteiger partial charge in [0.25, 0.3) is 0 Å². The number of hydrogen-bond donors (Lipinski definition) is 1. The van der Waals surface area contributed by atoms with Crippen molar-refractivity contribution in [2.24, 2.45) is 5.92 Å². The predicted molar refractivity (Wildman–Crippen MR) is 82.4 cm³/mol. The molecule has 2 heterocycles. The summed E-state index contributed by atoms with van der Waals surface area (Å²) in [5.41, 5.74) is 0.763. The standard InChI is InChI=1S/C16H21N3O2/c20-16(11-13-3-1-2-4-13)18-14-5-6-15(17-12-14)19-7-9-21-10-8-19/h1,3,5-6,12-13H,2,4,7-11H2,(H,18,20)/t13-/m1/s1. The first-order valence-corrected chi connectivity index (χ1v) is 7.56. The van der Waals surface area contributed by atoms with E-state index in [1.54, 1.807) is 6.20 Å². The Bertz CT molecular complexity index is 507. The van der Waals surface area contributed by atoms with Gasteiger partial charge in [0, 0.05) is 19.5 Å². The number of carbonyl (C=O) groups is 1. The Morgan fingerprint density at radius 1 is 1.38 bits per heavy atom. The van der Waals surface area contributed by atoms with Gasteiger partial charge in [-0.2, -0.15) is 0 Å². The third kappa shape index (κ3) is 3.82. The number of aromatic nitrogens is 1. The average Bonchev–Trinajstić information content (AvgIpc) is 3.02. The van der Waals surface area contributed by atoms with Crippen LogP contribution in [0.5, 0.6) is 0 Å². The summed E-state index contributed by atoms with van der Waals surface area (Å²) in [5.74, 6) is 1.40. The van der Waals surface area contributed by atoms with Crippen LogP contribution in [0.4, 0.5) is 11.5 Å². The fourth-order valence-electron chi connectivity index (χ4n) is 2.75. The molecule has 1 fully saturated rings. The second-order valence-electron chi connectivity index (χ2n) is 5.52. The molecule has 21 heavy (non-hydrogen) atoms. The van der Waals surface area contributed by atoms with E-state index in [-0.39, 0.29) is 5.91 Å². The minimum absolute atomic E-state index is 0.0625. The molecule has 0 saturated carbocycles. The summed E-state index contributed by atoms with van der Waals surface area (Å²) in [7, 11) is 0. The summed E-state index contributed by atoms with van der Waals surface area (Å²) in [6, 6.07) is 3.87. The van der Waals surface area contributed by atoms with E-state index in [1.165, 1.54) is 0 Å². The highest BCUT2D eigenvalue weighted by Gasteiger charge is 2.15. The molecule has 112 valence electrons. The van der Waals surface area contributed by atoms with Crippen molar-refractivity contribution < 1.29 is 9.53 Å². The number of pyridine rings is 1. The summed E-state index contributed by atoms with van der Waals surface area (Å²) < 4.78 is 5.33. The molecule has 1 aromatic heterocycles. The molecule has 0 unspecified atom stereocenters. The number of morpholine rings is 1. The Kier molecular flexibility index (Phi) is 4.50. The summed E-state index contributed by atoms with van der Waals surface area (Å²) in [5, 5.41) is 2.92. The lowest BCUT2D eigenvalue weighted by Crippen LogP contribution is -2.36. The van der Waals surface area contributed by atoms with Crippen LogP contribution in [0.1, 0.15) is 19.3 Å². The maximum atomic E-state index is 12.0. The molecule has 5 nitrogen and oxygen atoms in total. The number of ether oxygens (including phenoxy) is 1. The van der Waals surface area contributed by atoms with E-state index < -0.39 is 0 Å². The first-order chi connectivity index (χ1) is 10.3. The quantitative estimate of drug-likeness (QED) is 0.863.